The van der Waals surface area contributed by atoms with Gasteiger partial charge in [-0.05, 0) is 0 Å². The fraction of sp³-hybridized carbons (Fsp3) is 0.364. The topological polar surface area (TPSA) is 96.5 Å². The average molecular weight is 246 g/mol. The first-order valence-corrected chi connectivity index (χ1v) is 5.47. The first-order chi connectivity index (χ1) is 8.47. The Morgan fingerprint density at radius 1 is 1.33 bits per heavy atom. The van der Waals surface area contributed by atoms with E-state index in [1.54, 1.807) is 0 Å². The molecule has 0 unspecified atom stereocenters. The molecule has 2 heterocycles. The van der Waals surface area contributed by atoms with Crippen molar-refractivity contribution < 1.29 is 4.79 Å². The molecule has 0 aliphatic heterocycles. The molecule has 0 aliphatic carbocycles. The van der Waals surface area contributed by atoms with E-state index in [-0.39, 0.29) is 11.2 Å². The molecule has 2 rings (SSSR count). The first kappa shape index (κ1) is 12.2. The highest BCUT2D eigenvalue weighted by Crippen LogP contribution is 2.17. The molecule has 0 saturated carbocycles. The van der Waals surface area contributed by atoms with Gasteiger partial charge in [0.2, 0.25) is 5.82 Å². The first-order valence-electron chi connectivity index (χ1n) is 5.47. The number of anilines is 1. The number of amides is 1. The van der Waals surface area contributed by atoms with Crippen molar-refractivity contribution in [2.75, 3.05) is 5.32 Å². The number of carbonyl (C=O) groups is 1. The van der Waals surface area contributed by atoms with Gasteiger partial charge in [0.05, 0.1) is 6.20 Å². The Morgan fingerprint density at radius 2 is 2.11 bits per heavy atom. The summed E-state index contributed by atoms with van der Waals surface area (Å²) in [5.74, 6) is 0.698. The molecule has 94 valence electrons. The van der Waals surface area contributed by atoms with Gasteiger partial charge in [0.1, 0.15) is 5.82 Å². The number of rotatable bonds is 2. The summed E-state index contributed by atoms with van der Waals surface area (Å²) in [4.78, 5) is 23.8. The summed E-state index contributed by atoms with van der Waals surface area (Å²) >= 11 is 0. The van der Waals surface area contributed by atoms with Crippen molar-refractivity contribution in [2.45, 2.75) is 26.2 Å². The average Bonchev–Trinajstić information content (AvgIpc) is 2.79. The summed E-state index contributed by atoms with van der Waals surface area (Å²) in [6.45, 7) is 5.95. The summed E-state index contributed by atoms with van der Waals surface area (Å²) in [6.07, 6.45) is 4.48. The summed E-state index contributed by atoms with van der Waals surface area (Å²) in [5.41, 5.74) is -0.182. The smallest absolute Gasteiger partial charge is 0.296 e. The van der Waals surface area contributed by atoms with Crippen molar-refractivity contribution in [3.05, 3.63) is 30.2 Å². The van der Waals surface area contributed by atoms with Crippen LogP contribution in [0.3, 0.4) is 0 Å². The van der Waals surface area contributed by atoms with Crippen molar-refractivity contribution in [1.82, 2.24) is 25.1 Å². The zero-order chi connectivity index (χ0) is 13.2. The number of carbonyl (C=O) groups excluding carboxylic acids is 1. The molecule has 0 radical (unpaired) electrons. The van der Waals surface area contributed by atoms with E-state index in [0.29, 0.717) is 11.6 Å². The highest BCUT2D eigenvalue weighted by Gasteiger charge is 2.21. The second kappa shape index (κ2) is 4.52. The van der Waals surface area contributed by atoms with E-state index < -0.39 is 5.91 Å². The molecule has 0 atom stereocenters. The Kier molecular flexibility index (Phi) is 3.05. The zero-order valence-corrected chi connectivity index (χ0v) is 10.4. The van der Waals surface area contributed by atoms with Gasteiger partial charge in [0, 0.05) is 17.8 Å². The predicted molar refractivity (Wildman–Crippen MR) is 65.1 cm³/mol. The van der Waals surface area contributed by atoms with Crippen LogP contribution in [0.15, 0.2) is 18.6 Å². The van der Waals surface area contributed by atoms with Crippen molar-refractivity contribution >= 4 is 11.7 Å². The third-order valence-corrected chi connectivity index (χ3v) is 2.20. The van der Waals surface area contributed by atoms with E-state index >= 15 is 0 Å². The predicted octanol–water partition coefficient (Wildman–Crippen LogP) is 1.14. The molecule has 0 aromatic carbocycles. The number of nitrogens with zero attached hydrogens (tertiary/aromatic N) is 4. The number of H-pyrrole nitrogens is 1. The van der Waals surface area contributed by atoms with Crippen LogP contribution in [0.1, 0.15) is 37.2 Å². The number of aromatic nitrogens is 5. The highest BCUT2D eigenvalue weighted by molar-refractivity contribution is 6.00. The Bertz CT molecular complexity index is 542. The van der Waals surface area contributed by atoms with E-state index in [0.717, 1.165) is 0 Å². The standard InChI is InChI=1S/C11H14N6O/c1-11(2,3)10-15-8(16-17-10)9(18)14-7-6-12-4-5-13-7/h4-6H,1-3H3,(H,13,14,18)(H,15,16,17). The van der Waals surface area contributed by atoms with Crippen LogP contribution < -0.4 is 5.32 Å². The van der Waals surface area contributed by atoms with E-state index in [1.165, 1.54) is 18.6 Å². The number of aromatic amines is 1. The summed E-state index contributed by atoms with van der Waals surface area (Å²) in [5, 5.41) is 9.20. The van der Waals surface area contributed by atoms with Gasteiger partial charge in [0.25, 0.3) is 5.91 Å². The minimum atomic E-state index is -0.415. The monoisotopic (exact) mass is 246 g/mol. The Balaban J connectivity index is 2.13. The van der Waals surface area contributed by atoms with Crippen molar-refractivity contribution in [1.29, 1.82) is 0 Å². The Labute approximate surface area is 104 Å². The molecule has 18 heavy (non-hydrogen) atoms. The van der Waals surface area contributed by atoms with Gasteiger partial charge in [-0.3, -0.25) is 14.9 Å². The van der Waals surface area contributed by atoms with Crippen LogP contribution in [0.4, 0.5) is 5.82 Å². The van der Waals surface area contributed by atoms with Gasteiger partial charge >= 0.3 is 0 Å². The lowest BCUT2D eigenvalue weighted by atomic mass is 9.96. The molecule has 0 aliphatic rings. The molecule has 7 nitrogen and oxygen atoms in total. The van der Waals surface area contributed by atoms with Crippen LogP contribution in [0.25, 0.3) is 0 Å². The minimum Gasteiger partial charge on any atom is -0.302 e. The normalized spacial score (nSPS) is 11.3. The van der Waals surface area contributed by atoms with Crippen LogP contribution in [0, 0.1) is 0 Å². The molecule has 2 N–H and O–H groups in total. The van der Waals surface area contributed by atoms with Gasteiger partial charge in [0.15, 0.2) is 5.82 Å². The van der Waals surface area contributed by atoms with Gasteiger partial charge in [-0.15, -0.1) is 5.10 Å². The lowest BCUT2D eigenvalue weighted by Crippen LogP contribution is -2.16. The summed E-state index contributed by atoms with van der Waals surface area (Å²) in [6, 6.07) is 0. The Morgan fingerprint density at radius 3 is 2.67 bits per heavy atom. The molecule has 2 aromatic rings. The second-order valence-electron chi connectivity index (χ2n) is 4.80. The van der Waals surface area contributed by atoms with E-state index in [9.17, 15) is 4.79 Å². The molecular weight excluding hydrogens is 232 g/mol. The maximum atomic E-state index is 11.8. The number of hydrogen-bond donors (Lipinski definition) is 2. The molecule has 0 fully saturated rings. The highest BCUT2D eigenvalue weighted by atomic mass is 16.2. The van der Waals surface area contributed by atoms with Crippen molar-refractivity contribution in [3.8, 4) is 0 Å². The SMILES string of the molecule is CC(C)(C)c1nc(C(=O)Nc2cnccn2)n[nH]1. The zero-order valence-electron chi connectivity index (χ0n) is 10.4. The summed E-state index contributed by atoms with van der Waals surface area (Å²) in [7, 11) is 0. The molecule has 1 amide bonds. The largest absolute Gasteiger partial charge is 0.302 e. The van der Waals surface area contributed by atoms with Gasteiger partial charge in [-0.1, -0.05) is 20.8 Å². The molecule has 0 spiro atoms. The lowest BCUT2D eigenvalue weighted by Gasteiger charge is -2.12. The van der Waals surface area contributed by atoms with Crippen molar-refractivity contribution in [2.24, 2.45) is 0 Å². The summed E-state index contributed by atoms with van der Waals surface area (Å²) < 4.78 is 0. The quantitative estimate of drug-likeness (QED) is 0.828. The van der Waals surface area contributed by atoms with Crippen molar-refractivity contribution in [3.63, 3.8) is 0 Å². The number of hydrogen-bond acceptors (Lipinski definition) is 5. The van der Waals surface area contributed by atoms with Crippen LogP contribution in [0.2, 0.25) is 0 Å². The maximum absolute atomic E-state index is 11.8. The van der Waals surface area contributed by atoms with E-state index in [2.05, 4.69) is 30.5 Å². The molecule has 7 heteroatoms. The van der Waals surface area contributed by atoms with Gasteiger partial charge in [-0.2, -0.15) is 0 Å². The lowest BCUT2D eigenvalue weighted by molar-refractivity contribution is 0.101. The third-order valence-electron chi connectivity index (χ3n) is 2.20. The minimum absolute atomic E-state index is 0.0885. The van der Waals surface area contributed by atoms with Crippen LogP contribution in [0.5, 0.6) is 0 Å². The fourth-order valence-electron chi connectivity index (χ4n) is 1.23. The van der Waals surface area contributed by atoms with Gasteiger partial charge < -0.3 is 5.32 Å². The Hall–Kier alpha value is -2.31. The van der Waals surface area contributed by atoms with Gasteiger partial charge in [-0.25, -0.2) is 9.97 Å². The van der Waals surface area contributed by atoms with E-state index in [4.69, 9.17) is 0 Å². The molecule has 2 aromatic heterocycles. The van der Waals surface area contributed by atoms with Crippen LogP contribution >= 0.6 is 0 Å². The van der Waals surface area contributed by atoms with Crippen LogP contribution in [-0.2, 0) is 5.41 Å². The third kappa shape index (κ3) is 2.68. The maximum Gasteiger partial charge on any atom is 0.296 e. The molecule has 0 saturated heterocycles. The number of nitrogens with one attached hydrogen (secondary N) is 2. The van der Waals surface area contributed by atoms with Crippen LogP contribution in [-0.4, -0.2) is 31.1 Å². The molecular formula is C11H14N6O. The second-order valence-corrected chi connectivity index (χ2v) is 4.80. The fourth-order valence-corrected chi connectivity index (χ4v) is 1.23. The molecule has 0 bridgehead atoms. The van der Waals surface area contributed by atoms with E-state index in [1.807, 2.05) is 20.8 Å².